The zero-order chi connectivity index (χ0) is 20.5. The maximum absolute atomic E-state index is 12.3. The van der Waals surface area contributed by atoms with Crippen LogP contribution in [0, 0.1) is 11.8 Å². The normalized spacial score (nSPS) is 10.8. The molecule has 2 rings (SSSR count). The second-order valence-corrected chi connectivity index (χ2v) is 7.46. The monoisotopic (exact) mass is 384 g/mol. The first-order chi connectivity index (χ1) is 13.3. The molecular formula is C23H28O5. The minimum Gasteiger partial charge on any atom is -0.494 e. The number of ether oxygens (including phenoxy) is 3. The molecule has 0 spiro atoms. The van der Waals surface area contributed by atoms with Crippen molar-refractivity contribution in [3.05, 3.63) is 59.7 Å². The zero-order valence-corrected chi connectivity index (χ0v) is 16.9. The fourth-order valence-electron chi connectivity index (χ4n) is 2.25. The molecule has 5 heteroatoms. The van der Waals surface area contributed by atoms with Crippen molar-refractivity contribution in [3.63, 3.8) is 0 Å². The van der Waals surface area contributed by atoms with Gasteiger partial charge < -0.3 is 14.2 Å². The Bertz CT molecular complexity index is 761. The highest BCUT2D eigenvalue weighted by molar-refractivity contribution is 5.92. The molecule has 0 amide bonds. The van der Waals surface area contributed by atoms with Crippen LogP contribution in [0.4, 0.5) is 0 Å². The van der Waals surface area contributed by atoms with Crippen LogP contribution >= 0.6 is 0 Å². The summed E-state index contributed by atoms with van der Waals surface area (Å²) < 4.78 is 16.2. The fourth-order valence-corrected chi connectivity index (χ4v) is 2.25. The molecule has 0 aliphatic heterocycles. The Morgan fingerprint density at radius 2 is 1.29 bits per heavy atom. The Hall–Kier alpha value is -2.82. The van der Waals surface area contributed by atoms with Crippen LogP contribution in [-0.4, -0.2) is 25.2 Å². The van der Waals surface area contributed by atoms with Gasteiger partial charge in [0.15, 0.2) is 0 Å². The third-order valence-electron chi connectivity index (χ3n) is 3.90. The number of carbonyl (C=O) groups excluding carboxylic acids is 2. The number of esters is 2. The van der Waals surface area contributed by atoms with Crippen LogP contribution in [0.3, 0.4) is 0 Å². The smallest absolute Gasteiger partial charge is 0.343 e. The molecule has 0 N–H and O–H groups in total. The zero-order valence-electron chi connectivity index (χ0n) is 16.9. The molecule has 0 aliphatic carbocycles. The molecule has 0 unspecified atom stereocenters. The predicted molar refractivity (Wildman–Crippen MR) is 108 cm³/mol. The molecule has 0 saturated carbocycles. The average Bonchev–Trinajstić information content (AvgIpc) is 2.67. The van der Waals surface area contributed by atoms with Crippen molar-refractivity contribution < 1.29 is 23.8 Å². The van der Waals surface area contributed by atoms with Crippen LogP contribution in [0.25, 0.3) is 0 Å². The lowest BCUT2D eigenvalue weighted by Crippen LogP contribution is -2.11. The Labute approximate surface area is 166 Å². The molecule has 2 aromatic carbocycles. The van der Waals surface area contributed by atoms with Gasteiger partial charge in [0, 0.05) is 0 Å². The van der Waals surface area contributed by atoms with Crippen molar-refractivity contribution in [1.29, 1.82) is 0 Å². The first-order valence-corrected chi connectivity index (χ1v) is 9.57. The number of benzene rings is 2. The summed E-state index contributed by atoms with van der Waals surface area (Å²) in [5.74, 6) is 1.08. The van der Waals surface area contributed by atoms with Crippen LogP contribution in [0.1, 0.15) is 54.8 Å². The van der Waals surface area contributed by atoms with E-state index in [4.69, 9.17) is 14.2 Å². The van der Waals surface area contributed by atoms with Gasteiger partial charge in [0.2, 0.25) is 0 Å². The van der Waals surface area contributed by atoms with Crippen LogP contribution < -0.4 is 9.47 Å². The molecule has 0 atom stereocenters. The average molecular weight is 384 g/mol. The van der Waals surface area contributed by atoms with Gasteiger partial charge in [-0.25, -0.2) is 9.59 Å². The van der Waals surface area contributed by atoms with Crippen molar-refractivity contribution in [2.24, 2.45) is 11.8 Å². The van der Waals surface area contributed by atoms with Crippen molar-refractivity contribution >= 4 is 11.9 Å². The summed E-state index contributed by atoms with van der Waals surface area (Å²) in [5, 5.41) is 0. The van der Waals surface area contributed by atoms with E-state index in [1.807, 2.05) is 13.8 Å². The summed E-state index contributed by atoms with van der Waals surface area (Å²) in [6.07, 6.45) is 0.977. The number of hydrogen-bond acceptors (Lipinski definition) is 5. The van der Waals surface area contributed by atoms with E-state index in [1.165, 1.54) is 0 Å². The minimum atomic E-state index is -0.469. The Kier molecular flexibility index (Phi) is 8.05. The van der Waals surface area contributed by atoms with E-state index in [0.29, 0.717) is 36.0 Å². The molecule has 0 heterocycles. The molecule has 0 radical (unpaired) electrons. The van der Waals surface area contributed by atoms with Crippen LogP contribution in [0.15, 0.2) is 48.5 Å². The number of rotatable bonds is 9. The lowest BCUT2D eigenvalue weighted by Gasteiger charge is -2.09. The Morgan fingerprint density at radius 3 is 1.82 bits per heavy atom. The van der Waals surface area contributed by atoms with E-state index in [1.54, 1.807) is 48.5 Å². The van der Waals surface area contributed by atoms with Gasteiger partial charge in [-0.15, -0.1) is 0 Å². The topological polar surface area (TPSA) is 61.8 Å². The summed E-state index contributed by atoms with van der Waals surface area (Å²) in [5.41, 5.74) is 0.847. The Balaban J connectivity index is 1.89. The summed E-state index contributed by atoms with van der Waals surface area (Å²) in [7, 11) is 0. The van der Waals surface area contributed by atoms with E-state index < -0.39 is 5.97 Å². The van der Waals surface area contributed by atoms with Crippen molar-refractivity contribution in [1.82, 2.24) is 0 Å². The summed E-state index contributed by atoms with van der Waals surface area (Å²) in [6.45, 7) is 9.24. The maximum Gasteiger partial charge on any atom is 0.343 e. The molecule has 0 aliphatic rings. The minimum absolute atomic E-state index is 0.274. The number of carbonyl (C=O) groups is 2. The van der Waals surface area contributed by atoms with Crippen LogP contribution in [-0.2, 0) is 4.74 Å². The molecule has 0 saturated heterocycles. The third kappa shape index (κ3) is 7.06. The fraction of sp³-hybridized carbons (Fsp3) is 0.391. The van der Waals surface area contributed by atoms with Crippen molar-refractivity contribution in [2.75, 3.05) is 13.2 Å². The van der Waals surface area contributed by atoms with E-state index in [-0.39, 0.29) is 11.9 Å². The van der Waals surface area contributed by atoms with Gasteiger partial charge in [-0.3, -0.25) is 0 Å². The van der Waals surface area contributed by atoms with Gasteiger partial charge in [0.1, 0.15) is 11.5 Å². The van der Waals surface area contributed by atoms with E-state index >= 15 is 0 Å². The van der Waals surface area contributed by atoms with Gasteiger partial charge in [0.05, 0.1) is 24.3 Å². The maximum atomic E-state index is 12.3. The highest BCUT2D eigenvalue weighted by Gasteiger charge is 2.11. The number of hydrogen-bond donors (Lipinski definition) is 0. The summed E-state index contributed by atoms with van der Waals surface area (Å²) >= 11 is 0. The molecule has 150 valence electrons. The molecule has 5 nitrogen and oxygen atoms in total. The van der Waals surface area contributed by atoms with E-state index in [2.05, 4.69) is 13.8 Å². The van der Waals surface area contributed by atoms with Gasteiger partial charge in [-0.05, 0) is 66.8 Å². The molecule has 0 aromatic heterocycles. The van der Waals surface area contributed by atoms with Crippen molar-refractivity contribution in [3.8, 4) is 11.5 Å². The highest BCUT2D eigenvalue weighted by atomic mass is 16.5. The quantitative estimate of drug-likeness (QED) is 0.442. The van der Waals surface area contributed by atoms with Crippen LogP contribution in [0.2, 0.25) is 0 Å². The Morgan fingerprint density at radius 1 is 0.750 bits per heavy atom. The van der Waals surface area contributed by atoms with Gasteiger partial charge in [0.25, 0.3) is 0 Å². The van der Waals surface area contributed by atoms with Crippen LogP contribution in [0.5, 0.6) is 11.5 Å². The second kappa shape index (κ2) is 10.5. The molecule has 28 heavy (non-hydrogen) atoms. The molecule has 2 aromatic rings. The highest BCUT2D eigenvalue weighted by Crippen LogP contribution is 2.18. The molecular weight excluding hydrogens is 356 g/mol. The van der Waals surface area contributed by atoms with E-state index in [0.717, 1.165) is 12.2 Å². The lowest BCUT2D eigenvalue weighted by molar-refractivity contribution is 0.0459. The standard InChI is InChI=1S/C23H28O5/c1-16(2)13-14-26-20-9-5-19(6-10-20)23(25)28-21-11-7-18(8-12-21)22(24)27-15-17(3)4/h5-12,16-17H,13-15H2,1-4H3. The second-order valence-electron chi connectivity index (χ2n) is 7.46. The summed E-state index contributed by atoms with van der Waals surface area (Å²) in [4.78, 5) is 24.2. The van der Waals surface area contributed by atoms with Crippen molar-refractivity contribution in [2.45, 2.75) is 34.1 Å². The van der Waals surface area contributed by atoms with E-state index in [9.17, 15) is 9.59 Å². The third-order valence-corrected chi connectivity index (χ3v) is 3.90. The van der Waals surface area contributed by atoms with Gasteiger partial charge >= 0.3 is 11.9 Å². The van der Waals surface area contributed by atoms with Gasteiger partial charge in [-0.1, -0.05) is 27.7 Å². The summed E-state index contributed by atoms with van der Waals surface area (Å²) in [6, 6.07) is 13.2. The molecule has 0 fully saturated rings. The lowest BCUT2D eigenvalue weighted by atomic mass is 10.1. The van der Waals surface area contributed by atoms with Gasteiger partial charge in [-0.2, -0.15) is 0 Å². The predicted octanol–water partition coefficient (Wildman–Crippen LogP) is 5.14. The molecule has 0 bridgehead atoms. The first-order valence-electron chi connectivity index (χ1n) is 9.57. The largest absolute Gasteiger partial charge is 0.494 e. The first kappa shape index (κ1) is 21.5. The SMILES string of the molecule is CC(C)CCOc1ccc(C(=O)Oc2ccc(C(=O)OCC(C)C)cc2)cc1.